The number of non-ortho nitro benzene ring substituents is 1. The number of hydrogen-bond donors (Lipinski definition) is 0. The second-order valence-corrected chi connectivity index (χ2v) is 7.36. The fourth-order valence-electron chi connectivity index (χ4n) is 3.95. The maximum absolute atomic E-state index is 13.5. The van der Waals surface area contributed by atoms with E-state index in [0.717, 1.165) is 43.6 Å². The molecule has 4 rings (SSSR count). The number of nitro groups is 1. The summed E-state index contributed by atoms with van der Waals surface area (Å²) in [6.45, 7) is 3.61. The van der Waals surface area contributed by atoms with Crippen molar-refractivity contribution in [1.82, 2.24) is 9.97 Å². The highest BCUT2D eigenvalue weighted by atomic mass is 19.4. The second kappa shape index (κ2) is 7.96. The number of rotatable bonds is 4. The van der Waals surface area contributed by atoms with Crippen LogP contribution in [0.2, 0.25) is 0 Å². The molecular weight excluding hydrogens is 401 g/mol. The van der Waals surface area contributed by atoms with Crippen molar-refractivity contribution in [2.75, 3.05) is 54.0 Å². The molecule has 2 aromatic rings. The van der Waals surface area contributed by atoms with Gasteiger partial charge in [0.05, 0.1) is 10.5 Å². The van der Waals surface area contributed by atoms with Crippen LogP contribution in [0.3, 0.4) is 0 Å². The number of nitrogens with zero attached hydrogens (tertiary/aromatic N) is 6. The molecule has 0 saturated carbocycles. The molecule has 1 aromatic heterocycles. The summed E-state index contributed by atoms with van der Waals surface area (Å²) in [5.41, 5.74) is -1.59. The zero-order valence-corrected chi connectivity index (χ0v) is 16.2. The molecule has 0 atom stereocenters. The molecule has 8 nitrogen and oxygen atoms in total. The number of halogens is 3. The van der Waals surface area contributed by atoms with E-state index < -0.39 is 22.4 Å². The minimum atomic E-state index is -4.67. The molecule has 1 aromatic carbocycles. The number of nitro benzene ring substituents is 1. The quantitative estimate of drug-likeness (QED) is 0.552. The van der Waals surface area contributed by atoms with Crippen LogP contribution < -0.4 is 14.7 Å². The summed E-state index contributed by atoms with van der Waals surface area (Å²) in [5, 5.41) is 10.9. The van der Waals surface area contributed by atoms with Gasteiger partial charge in [-0.2, -0.15) is 13.2 Å². The Morgan fingerprint density at radius 3 is 2.00 bits per heavy atom. The molecular formula is C19H21F3N6O2. The molecule has 30 heavy (non-hydrogen) atoms. The van der Waals surface area contributed by atoms with E-state index in [-0.39, 0.29) is 5.69 Å². The van der Waals surface area contributed by atoms with Crippen molar-refractivity contribution in [3.63, 3.8) is 0 Å². The van der Waals surface area contributed by atoms with Crippen LogP contribution in [0.4, 0.5) is 36.2 Å². The Bertz CT molecular complexity index is 925. The van der Waals surface area contributed by atoms with E-state index >= 15 is 0 Å². The van der Waals surface area contributed by atoms with Gasteiger partial charge in [-0.25, -0.2) is 9.97 Å². The average Bonchev–Trinajstić information content (AvgIpc) is 3.28. The van der Waals surface area contributed by atoms with E-state index in [2.05, 4.69) is 14.9 Å². The molecule has 0 unspecified atom stereocenters. The monoisotopic (exact) mass is 422 g/mol. The molecule has 0 aliphatic carbocycles. The van der Waals surface area contributed by atoms with E-state index in [9.17, 15) is 23.3 Å². The Balaban J connectivity index is 1.50. The third-order valence-electron chi connectivity index (χ3n) is 5.51. The molecule has 0 N–H and O–H groups in total. The predicted molar refractivity (Wildman–Crippen MR) is 106 cm³/mol. The summed E-state index contributed by atoms with van der Waals surface area (Å²) in [4.78, 5) is 24.6. The molecule has 11 heteroatoms. The Morgan fingerprint density at radius 2 is 1.43 bits per heavy atom. The van der Waals surface area contributed by atoms with Crippen molar-refractivity contribution in [2.45, 2.75) is 19.0 Å². The van der Waals surface area contributed by atoms with Crippen molar-refractivity contribution in [1.29, 1.82) is 0 Å². The molecule has 3 heterocycles. The number of anilines is 3. The van der Waals surface area contributed by atoms with Gasteiger partial charge in [-0.05, 0) is 18.9 Å². The van der Waals surface area contributed by atoms with Gasteiger partial charge in [0.25, 0.3) is 5.69 Å². The lowest BCUT2D eigenvalue weighted by molar-refractivity contribution is -0.385. The zero-order valence-electron chi connectivity index (χ0n) is 16.2. The molecule has 2 aliphatic rings. The lowest BCUT2D eigenvalue weighted by Crippen LogP contribution is -2.47. The van der Waals surface area contributed by atoms with Crippen molar-refractivity contribution < 1.29 is 18.1 Å². The van der Waals surface area contributed by atoms with E-state index in [1.807, 2.05) is 11.0 Å². The van der Waals surface area contributed by atoms with Crippen LogP contribution in [-0.2, 0) is 6.18 Å². The minimum Gasteiger partial charge on any atom is -0.367 e. The third-order valence-corrected chi connectivity index (χ3v) is 5.51. The Hall–Kier alpha value is -3.11. The van der Waals surface area contributed by atoms with E-state index in [0.29, 0.717) is 32.2 Å². The largest absolute Gasteiger partial charge is 0.418 e. The van der Waals surface area contributed by atoms with Crippen molar-refractivity contribution >= 4 is 23.0 Å². The normalized spacial score (nSPS) is 17.5. The summed E-state index contributed by atoms with van der Waals surface area (Å²) in [5.74, 6) is 1.63. The number of alkyl halides is 3. The fourth-order valence-corrected chi connectivity index (χ4v) is 3.95. The molecule has 0 radical (unpaired) electrons. The van der Waals surface area contributed by atoms with E-state index in [4.69, 9.17) is 0 Å². The number of aromatic nitrogens is 2. The van der Waals surface area contributed by atoms with Crippen LogP contribution in [-0.4, -0.2) is 54.2 Å². The highest BCUT2D eigenvalue weighted by Crippen LogP contribution is 2.39. The van der Waals surface area contributed by atoms with Crippen LogP contribution in [0, 0.1) is 10.1 Å². The van der Waals surface area contributed by atoms with Crippen LogP contribution >= 0.6 is 0 Å². The van der Waals surface area contributed by atoms with Gasteiger partial charge < -0.3 is 14.7 Å². The predicted octanol–water partition coefficient (Wildman–Crippen LogP) is 3.33. The molecule has 0 bridgehead atoms. The van der Waals surface area contributed by atoms with Crippen molar-refractivity contribution in [2.24, 2.45) is 0 Å². The van der Waals surface area contributed by atoms with Crippen LogP contribution in [0.5, 0.6) is 0 Å². The molecule has 2 aliphatic heterocycles. The first kappa shape index (κ1) is 20.2. The molecule has 0 spiro atoms. The summed E-state index contributed by atoms with van der Waals surface area (Å²) in [6, 6.07) is 4.83. The summed E-state index contributed by atoms with van der Waals surface area (Å²) >= 11 is 0. The van der Waals surface area contributed by atoms with Gasteiger partial charge in [-0.15, -0.1) is 0 Å². The van der Waals surface area contributed by atoms with Crippen molar-refractivity contribution in [3.05, 3.63) is 46.3 Å². The van der Waals surface area contributed by atoms with E-state index in [1.54, 1.807) is 4.90 Å². The summed E-state index contributed by atoms with van der Waals surface area (Å²) < 4.78 is 40.5. The van der Waals surface area contributed by atoms with Crippen molar-refractivity contribution in [3.8, 4) is 0 Å². The Labute approximate surface area is 171 Å². The molecule has 2 fully saturated rings. The van der Waals surface area contributed by atoms with Gasteiger partial charge in [0.1, 0.15) is 18.0 Å². The van der Waals surface area contributed by atoms with Gasteiger partial charge >= 0.3 is 6.18 Å². The average molecular weight is 422 g/mol. The lowest BCUT2D eigenvalue weighted by atomic mass is 10.1. The maximum atomic E-state index is 13.5. The zero-order chi connectivity index (χ0) is 21.3. The first-order valence-corrected chi connectivity index (χ1v) is 9.75. The molecule has 2 saturated heterocycles. The molecule has 0 amide bonds. The topological polar surface area (TPSA) is 78.6 Å². The number of piperazine rings is 1. The van der Waals surface area contributed by atoms with Gasteiger partial charge in [-0.1, -0.05) is 0 Å². The highest BCUT2D eigenvalue weighted by Gasteiger charge is 2.37. The van der Waals surface area contributed by atoms with Gasteiger partial charge in [0.15, 0.2) is 0 Å². The summed E-state index contributed by atoms with van der Waals surface area (Å²) in [6.07, 6.45) is -0.882. The van der Waals surface area contributed by atoms with E-state index in [1.165, 1.54) is 12.4 Å². The van der Waals surface area contributed by atoms with Crippen LogP contribution in [0.15, 0.2) is 30.6 Å². The number of hydrogen-bond acceptors (Lipinski definition) is 7. The van der Waals surface area contributed by atoms with Crippen LogP contribution in [0.25, 0.3) is 0 Å². The highest BCUT2D eigenvalue weighted by molar-refractivity contribution is 5.60. The minimum absolute atomic E-state index is 0.0341. The molecule has 160 valence electrons. The summed E-state index contributed by atoms with van der Waals surface area (Å²) in [7, 11) is 0. The van der Waals surface area contributed by atoms with Gasteiger partial charge in [-0.3, -0.25) is 10.1 Å². The second-order valence-electron chi connectivity index (χ2n) is 7.36. The first-order valence-electron chi connectivity index (χ1n) is 9.75. The third kappa shape index (κ3) is 4.10. The fraction of sp³-hybridized carbons (Fsp3) is 0.474. The smallest absolute Gasteiger partial charge is 0.367 e. The number of benzene rings is 1. The van der Waals surface area contributed by atoms with Gasteiger partial charge in [0, 0.05) is 63.2 Å². The standard InChI is InChI=1S/C19H21F3N6O2/c20-19(21,22)15-11-14(28(29)30)3-4-16(15)25-7-9-27(10-8-25)18-12-17(23-13-24-18)26-5-1-2-6-26/h3-4,11-13H,1-2,5-10H2. The Morgan fingerprint density at radius 1 is 0.867 bits per heavy atom. The van der Waals surface area contributed by atoms with Gasteiger partial charge in [0.2, 0.25) is 0 Å². The maximum Gasteiger partial charge on any atom is 0.418 e. The Kier molecular flexibility index (Phi) is 5.35. The lowest BCUT2D eigenvalue weighted by Gasteiger charge is -2.37. The first-order chi connectivity index (χ1) is 14.3. The SMILES string of the molecule is O=[N+]([O-])c1ccc(N2CCN(c3cc(N4CCCC4)ncn3)CC2)c(C(F)(F)F)c1. The van der Waals surface area contributed by atoms with Crippen LogP contribution in [0.1, 0.15) is 18.4 Å².